The smallest absolute Gasteiger partial charge is 0.227 e. The minimum atomic E-state index is 0. The molecule has 1 aromatic rings. The van der Waals surface area contributed by atoms with Crippen molar-refractivity contribution in [1.29, 1.82) is 0 Å². The van der Waals surface area contributed by atoms with Crippen molar-refractivity contribution >= 4 is 29.9 Å². The zero-order valence-corrected chi connectivity index (χ0v) is 13.7. The van der Waals surface area contributed by atoms with Gasteiger partial charge in [-0.1, -0.05) is 23.7 Å². The van der Waals surface area contributed by atoms with Crippen LogP contribution in [0.3, 0.4) is 0 Å². The predicted octanol–water partition coefficient (Wildman–Crippen LogP) is 2.27. The van der Waals surface area contributed by atoms with E-state index in [0.29, 0.717) is 24.5 Å². The molecule has 2 rings (SSSR count). The molecule has 2 N–H and O–H groups in total. The summed E-state index contributed by atoms with van der Waals surface area (Å²) in [6, 6.07) is 7.47. The van der Waals surface area contributed by atoms with Gasteiger partial charge >= 0.3 is 0 Å². The molecule has 0 aliphatic carbocycles. The van der Waals surface area contributed by atoms with Crippen molar-refractivity contribution in [2.24, 2.45) is 5.73 Å². The Morgan fingerprint density at radius 3 is 2.67 bits per heavy atom. The zero-order chi connectivity index (χ0) is 14.5. The topological polar surface area (TPSA) is 55.6 Å². The van der Waals surface area contributed by atoms with E-state index in [4.69, 9.17) is 22.1 Å². The number of piperidine rings is 1. The molecule has 0 radical (unpaired) electrons. The first-order valence-electron chi connectivity index (χ1n) is 6.90. The van der Waals surface area contributed by atoms with Crippen LogP contribution in [0.15, 0.2) is 24.3 Å². The first-order chi connectivity index (χ1) is 9.63. The van der Waals surface area contributed by atoms with E-state index in [1.807, 2.05) is 29.2 Å². The van der Waals surface area contributed by atoms with Gasteiger partial charge in [0.1, 0.15) is 0 Å². The van der Waals surface area contributed by atoms with Crippen LogP contribution in [0.1, 0.15) is 18.4 Å². The number of hydrogen-bond donors (Lipinski definition) is 1. The summed E-state index contributed by atoms with van der Waals surface area (Å²) in [6.07, 6.45) is 2.30. The number of ether oxygens (including phenoxy) is 1. The number of carbonyl (C=O) groups excluding carboxylic acids is 1. The summed E-state index contributed by atoms with van der Waals surface area (Å²) in [5.74, 6) is 0.123. The molecule has 1 aliphatic rings. The van der Waals surface area contributed by atoms with Crippen LogP contribution in [0.2, 0.25) is 5.02 Å². The Hall–Kier alpha value is -0.810. The second-order valence-electron chi connectivity index (χ2n) is 5.16. The van der Waals surface area contributed by atoms with Crippen molar-refractivity contribution in [1.82, 2.24) is 4.90 Å². The number of benzene rings is 1. The van der Waals surface area contributed by atoms with Crippen LogP contribution in [0.5, 0.6) is 0 Å². The molecule has 1 fully saturated rings. The Kier molecular flexibility index (Phi) is 7.46. The maximum atomic E-state index is 12.4. The fraction of sp³-hybridized carbons (Fsp3) is 0.533. The van der Waals surface area contributed by atoms with Crippen LogP contribution < -0.4 is 5.73 Å². The van der Waals surface area contributed by atoms with Crippen molar-refractivity contribution in [3.63, 3.8) is 0 Å². The lowest BCUT2D eigenvalue weighted by atomic mass is 9.98. The minimum absolute atomic E-state index is 0. The lowest BCUT2D eigenvalue weighted by molar-refractivity contribution is -0.136. The molecule has 1 aliphatic heterocycles. The number of likely N-dealkylation sites (tertiary alicyclic amines) is 1. The van der Waals surface area contributed by atoms with E-state index >= 15 is 0 Å². The van der Waals surface area contributed by atoms with Gasteiger partial charge in [0.05, 0.1) is 12.5 Å². The van der Waals surface area contributed by atoms with E-state index < -0.39 is 0 Å². The Bertz CT molecular complexity index is 453. The summed E-state index contributed by atoms with van der Waals surface area (Å²) in [5.41, 5.74) is 6.77. The molecule has 2 atom stereocenters. The van der Waals surface area contributed by atoms with Gasteiger partial charge in [-0.2, -0.15) is 0 Å². The lowest BCUT2D eigenvalue weighted by Gasteiger charge is -2.38. The molecular weight excluding hydrogens is 311 g/mol. The molecule has 118 valence electrons. The van der Waals surface area contributed by atoms with Gasteiger partial charge in [-0.25, -0.2) is 0 Å². The average Bonchev–Trinajstić information content (AvgIpc) is 2.48. The Balaban J connectivity index is 0.00000220. The second-order valence-corrected chi connectivity index (χ2v) is 5.60. The average molecular weight is 333 g/mol. The third-order valence-corrected chi connectivity index (χ3v) is 4.11. The summed E-state index contributed by atoms with van der Waals surface area (Å²) in [7, 11) is 1.71. The van der Waals surface area contributed by atoms with Gasteiger partial charge in [0.25, 0.3) is 0 Å². The van der Waals surface area contributed by atoms with Gasteiger partial charge < -0.3 is 15.4 Å². The highest BCUT2D eigenvalue weighted by atomic mass is 35.5. The van der Waals surface area contributed by atoms with Gasteiger partial charge in [0.2, 0.25) is 5.91 Å². The predicted molar refractivity (Wildman–Crippen MR) is 87.0 cm³/mol. The number of nitrogens with zero attached hydrogens (tertiary/aromatic N) is 1. The maximum Gasteiger partial charge on any atom is 0.227 e. The maximum absolute atomic E-state index is 12.4. The molecule has 0 aromatic heterocycles. The van der Waals surface area contributed by atoms with Gasteiger partial charge in [0.15, 0.2) is 0 Å². The molecule has 21 heavy (non-hydrogen) atoms. The zero-order valence-electron chi connectivity index (χ0n) is 12.1. The lowest BCUT2D eigenvalue weighted by Crippen LogP contribution is -2.51. The second kappa shape index (κ2) is 8.59. The normalized spacial score (nSPS) is 21.8. The highest BCUT2D eigenvalue weighted by Crippen LogP contribution is 2.20. The number of nitrogens with two attached hydrogens (primary N) is 1. The Morgan fingerprint density at radius 2 is 2.10 bits per heavy atom. The summed E-state index contributed by atoms with van der Waals surface area (Å²) < 4.78 is 5.37. The van der Waals surface area contributed by atoms with E-state index in [0.717, 1.165) is 18.4 Å². The van der Waals surface area contributed by atoms with Crippen molar-refractivity contribution < 1.29 is 9.53 Å². The fourth-order valence-corrected chi connectivity index (χ4v) is 2.78. The van der Waals surface area contributed by atoms with E-state index in [2.05, 4.69) is 0 Å². The Morgan fingerprint density at radius 1 is 1.43 bits per heavy atom. The SMILES string of the molecule is COC1CCN(C(=O)Cc2ccc(Cl)cc2)C(CN)C1.Cl. The number of methoxy groups -OCH3 is 1. The highest BCUT2D eigenvalue weighted by Gasteiger charge is 2.30. The van der Waals surface area contributed by atoms with Crippen molar-refractivity contribution in [3.8, 4) is 0 Å². The first kappa shape index (κ1) is 18.2. The van der Waals surface area contributed by atoms with Crippen LogP contribution >= 0.6 is 24.0 Å². The monoisotopic (exact) mass is 332 g/mol. The van der Waals surface area contributed by atoms with E-state index in [1.165, 1.54) is 0 Å². The molecule has 1 amide bonds. The first-order valence-corrected chi connectivity index (χ1v) is 7.28. The molecule has 1 saturated heterocycles. The van der Waals surface area contributed by atoms with Crippen LogP contribution in [0.25, 0.3) is 0 Å². The van der Waals surface area contributed by atoms with Gasteiger partial charge in [-0.05, 0) is 30.5 Å². The summed E-state index contributed by atoms with van der Waals surface area (Å²) in [4.78, 5) is 14.3. The largest absolute Gasteiger partial charge is 0.381 e. The molecule has 0 spiro atoms. The van der Waals surface area contributed by atoms with Crippen molar-refractivity contribution in [2.75, 3.05) is 20.2 Å². The van der Waals surface area contributed by atoms with Gasteiger partial charge in [-0.3, -0.25) is 4.79 Å². The number of hydrogen-bond acceptors (Lipinski definition) is 3. The van der Waals surface area contributed by atoms with Crippen LogP contribution in [0, 0.1) is 0 Å². The van der Waals surface area contributed by atoms with Gasteiger partial charge in [-0.15, -0.1) is 12.4 Å². The van der Waals surface area contributed by atoms with E-state index in [1.54, 1.807) is 7.11 Å². The molecule has 2 unspecified atom stereocenters. The molecular formula is C15H22Cl2N2O2. The highest BCUT2D eigenvalue weighted by molar-refractivity contribution is 6.30. The molecule has 0 bridgehead atoms. The quantitative estimate of drug-likeness (QED) is 0.920. The molecule has 6 heteroatoms. The van der Waals surface area contributed by atoms with Crippen LogP contribution in [0.4, 0.5) is 0 Å². The van der Waals surface area contributed by atoms with Crippen LogP contribution in [-0.2, 0) is 16.0 Å². The molecule has 1 aromatic carbocycles. The number of rotatable bonds is 4. The molecule has 4 nitrogen and oxygen atoms in total. The van der Waals surface area contributed by atoms with Crippen molar-refractivity contribution in [3.05, 3.63) is 34.9 Å². The Labute approximate surface area is 137 Å². The standard InChI is InChI=1S/C15H21ClN2O2.ClH/c1-20-14-6-7-18(13(9-14)10-17)15(19)8-11-2-4-12(16)5-3-11;/h2-5,13-14H,6-10,17H2,1H3;1H. The third-order valence-electron chi connectivity index (χ3n) is 3.86. The summed E-state index contributed by atoms with van der Waals surface area (Å²) in [6.45, 7) is 1.19. The number of carbonyl (C=O) groups is 1. The number of amides is 1. The minimum Gasteiger partial charge on any atom is -0.381 e. The molecule has 1 heterocycles. The summed E-state index contributed by atoms with van der Waals surface area (Å²) >= 11 is 5.85. The van der Waals surface area contributed by atoms with Gasteiger partial charge in [0, 0.05) is 31.3 Å². The number of halogens is 2. The van der Waals surface area contributed by atoms with E-state index in [9.17, 15) is 4.79 Å². The summed E-state index contributed by atoms with van der Waals surface area (Å²) in [5, 5.41) is 0.682. The van der Waals surface area contributed by atoms with Crippen molar-refractivity contribution in [2.45, 2.75) is 31.4 Å². The van der Waals surface area contributed by atoms with Crippen LogP contribution in [-0.4, -0.2) is 43.2 Å². The fourth-order valence-electron chi connectivity index (χ4n) is 2.66. The van der Waals surface area contributed by atoms with E-state index in [-0.39, 0.29) is 30.5 Å². The third kappa shape index (κ3) is 4.85. The molecule has 0 saturated carbocycles.